The maximum absolute atomic E-state index is 12.8. The molecular weight excluding hydrogens is 386 g/mol. The van der Waals surface area contributed by atoms with E-state index in [1.807, 2.05) is 32.0 Å². The topological polar surface area (TPSA) is 35.5 Å². The molecule has 0 bridgehead atoms. The molecule has 0 aliphatic carbocycles. The van der Waals surface area contributed by atoms with Crippen molar-refractivity contribution in [1.29, 1.82) is 0 Å². The van der Waals surface area contributed by atoms with Gasteiger partial charge >= 0.3 is 145 Å². The molecule has 0 spiro atoms. The van der Waals surface area contributed by atoms with E-state index in [9.17, 15) is 4.57 Å². The molecule has 0 saturated heterocycles. The summed E-state index contributed by atoms with van der Waals surface area (Å²) >= 11 is 6.54. The van der Waals surface area contributed by atoms with Gasteiger partial charge in [0.2, 0.25) is 0 Å². The van der Waals surface area contributed by atoms with E-state index in [4.69, 9.17) is 20.6 Å². The van der Waals surface area contributed by atoms with Crippen LogP contribution in [0.3, 0.4) is 0 Å². The number of alkyl halides is 1. The molecule has 0 aliphatic rings. The maximum atomic E-state index is 12.8. The van der Waals surface area contributed by atoms with Crippen molar-refractivity contribution in [3.8, 4) is 0 Å². The molecule has 0 fully saturated rings. The van der Waals surface area contributed by atoms with Crippen molar-refractivity contribution in [2.45, 2.75) is 33.1 Å². The summed E-state index contributed by atoms with van der Waals surface area (Å²) in [5.41, 5.74) is 0. The third-order valence-electron chi connectivity index (χ3n) is 2.74. The van der Waals surface area contributed by atoms with Crippen molar-refractivity contribution >= 4 is 38.6 Å². The summed E-state index contributed by atoms with van der Waals surface area (Å²) in [4.78, 5) is 0. The van der Waals surface area contributed by atoms with Gasteiger partial charge in [-0.15, -0.1) is 0 Å². The van der Waals surface area contributed by atoms with Crippen LogP contribution in [-0.2, 0) is 13.6 Å². The van der Waals surface area contributed by atoms with E-state index < -0.39 is 7.60 Å². The summed E-state index contributed by atoms with van der Waals surface area (Å²) in [6.07, 6.45) is 0. The first-order valence-electron chi connectivity index (χ1n) is 7.40. The van der Waals surface area contributed by atoms with Crippen molar-refractivity contribution in [2.24, 2.45) is 5.92 Å². The van der Waals surface area contributed by atoms with Gasteiger partial charge in [-0.05, 0) is 0 Å². The van der Waals surface area contributed by atoms with Gasteiger partial charge in [-0.1, -0.05) is 0 Å². The molecule has 0 N–H and O–H groups in total. The molecule has 0 saturated carbocycles. The fraction of sp³-hybridized carbons (Fsp3) is 0.500. The van der Waals surface area contributed by atoms with E-state index in [2.05, 4.69) is 26.0 Å². The Morgan fingerprint density at radius 3 is 2.23 bits per heavy atom. The van der Waals surface area contributed by atoms with Crippen LogP contribution in [0.1, 0.15) is 27.7 Å². The van der Waals surface area contributed by atoms with E-state index in [0.717, 1.165) is 4.47 Å². The molecule has 0 aliphatic heterocycles. The van der Waals surface area contributed by atoms with E-state index in [0.29, 0.717) is 13.2 Å². The Bertz CT molecular complexity index is 509. The molecule has 3 nitrogen and oxygen atoms in total. The van der Waals surface area contributed by atoms with Crippen LogP contribution in [0.25, 0.3) is 0 Å². The fourth-order valence-electron chi connectivity index (χ4n) is 1.73. The van der Waals surface area contributed by atoms with E-state index >= 15 is 0 Å². The molecular formula is C16H24ClO3PSe. The van der Waals surface area contributed by atoms with Crippen LogP contribution in [0.15, 0.2) is 40.6 Å². The normalized spacial score (nSPS) is 14.4. The number of rotatable bonds is 9. The third-order valence-corrected chi connectivity index (χ3v) is 8.34. The molecule has 1 unspecified atom stereocenters. The summed E-state index contributed by atoms with van der Waals surface area (Å²) in [5.74, 6) is 1.89. The summed E-state index contributed by atoms with van der Waals surface area (Å²) < 4.78 is 25.7. The molecule has 1 atom stereocenters. The number of benzene rings is 1. The third kappa shape index (κ3) is 6.58. The van der Waals surface area contributed by atoms with Crippen molar-refractivity contribution in [3.05, 3.63) is 40.6 Å². The standard InChI is InChI=1S/C16H24ClO3PSe/c1-5-19-21(18,20-6-2)12-15(16(17)13(3)4)22-14-10-8-7-9-11-14/h7-13,16H,5-6H2,1-4H3/b15-12-. The van der Waals surface area contributed by atoms with Crippen molar-refractivity contribution in [1.82, 2.24) is 0 Å². The molecule has 0 radical (unpaired) electrons. The van der Waals surface area contributed by atoms with Crippen LogP contribution in [0.5, 0.6) is 0 Å². The quantitative estimate of drug-likeness (QED) is 0.345. The Morgan fingerprint density at radius 2 is 1.77 bits per heavy atom. The molecule has 1 aromatic carbocycles. The Balaban J connectivity index is 3.12. The Hall–Kier alpha value is -0.0805. The van der Waals surface area contributed by atoms with Gasteiger partial charge in [-0.2, -0.15) is 0 Å². The van der Waals surface area contributed by atoms with Crippen LogP contribution in [0.2, 0.25) is 0 Å². The van der Waals surface area contributed by atoms with Crippen LogP contribution in [-0.4, -0.2) is 33.5 Å². The average molecular weight is 410 g/mol. The van der Waals surface area contributed by atoms with Gasteiger partial charge in [0, 0.05) is 0 Å². The molecule has 1 rings (SSSR count). The first kappa shape index (κ1) is 20.0. The molecule has 0 amide bonds. The number of hydrogen-bond acceptors (Lipinski definition) is 3. The van der Waals surface area contributed by atoms with E-state index in [-0.39, 0.29) is 26.3 Å². The number of hydrogen-bond donors (Lipinski definition) is 0. The Labute approximate surface area is 145 Å². The van der Waals surface area contributed by atoms with E-state index in [1.165, 1.54) is 4.46 Å². The summed E-state index contributed by atoms with van der Waals surface area (Å²) in [6.45, 7) is 8.41. The van der Waals surface area contributed by atoms with Gasteiger partial charge in [-0.3, -0.25) is 0 Å². The zero-order valence-corrected chi connectivity index (χ0v) is 16.9. The van der Waals surface area contributed by atoms with Gasteiger partial charge in [0.1, 0.15) is 0 Å². The fourth-order valence-corrected chi connectivity index (χ4v) is 6.72. The van der Waals surface area contributed by atoms with Crippen molar-refractivity contribution < 1.29 is 13.6 Å². The second kappa shape index (κ2) is 9.92. The minimum absolute atomic E-state index is 0.0121. The predicted octanol–water partition coefficient (Wildman–Crippen LogP) is 4.39. The average Bonchev–Trinajstić information content (AvgIpc) is 2.47. The summed E-state index contributed by atoms with van der Waals surface area (Å²) in [5, 5.41) is -0.186. The van der Waals surface area contributed by atoms with Crippen molar-refractivity contribution in [3.63, 3.8) is 0 Å². The second-order valence-electron chi connectivity index (χ2n) is 4.97. The summed E-state index contributed by atoms with van der Waals surface area (Å²) in [6, 6.07) is 10.1. The van der Waals surface area contributed by atoms with Gasteiger partial charge in [-0.25, -0.2) is 0 Å². The van der Waals surface area contributed by atoms with Crippen LogP contribution in [0, 0.1) is 5.92 Å². The van der Waals surface area contributed by atoms with Gasteiger partial charge in [0.15, 0.2) is 0 Å². The molecule has 1 aromatic rings. The van der Waals surface area contributed by atoms with Crippen molar-refractivity contribution in [2.75, 3.05) is 13.2 Å². The Morgan fingerprint density at radius 1 is 1.23 bits per heavy atom. The van der Waals surface area contributed by atoms with E-state index in [1.54, 1.807) is 5.82 Å². The first-order chi connectivity index (χ1) is 10.4. The van der Waals surface area contributed by atoms with Gasteiger partial charge < -0.3 is 0 Å². The molecule has 22 heavy (non-hydrogen) atoms. The molecule has 0 heterocycles. The number of allylic oxidation sites excluding steroid dienone is 1. The zero-order chi connectivity index (χ0) is 16.6. The SMILES string of the molecule is CCOP(=O)(/C=C(\[Se]c1ccccc1)C(Cl)C(C)C)OCC. The van der Waals surface area contributed by atoms with Gasteiger partial charge in [0.25, 0.3) is 0 Å². The first-order valence-corrected chi connectivity index (χ1v) is 11.2. The molecule has 6 heteroatoms. The summed E-state index contributed by atoms with van der Waals surface area (Å²) in [7, 11) is -3.24. The predicted molar refractivity (Wildman–Crippen MR) is 95.3 cm³/mol. The van der Waals surface area contributed by atoms with Gasteiger partial charge in [0.05, 0.1) is 0 Å². The van der Waals surface area contributed by atoms with Crippen LogP contribution < -0.4 is 4.46 Å². The minimum atomic E-state index is -3.24. The second-order valence-corrected chi connectivity index (χ2v) is 9.70. The number of halogens is 1. The zero-order valence-electron chi connectivity index (χ0n) is 13.5. The molecule has 124 valence electrons. The van der Waals surface area contributed by atoms with Crippen LogP contribution >= 0.6 is 19.2 Å². The van der Waals surface area contributed by atoms with Crippen LogP contribution in [0.4, 0.5) is 0 Å². The Kier molecular flexibility index (Phi) is 9.01. The monoisotopic (exact) mass is 410 g/mol. The molecule has 0 aromatic heterocycles.